The summed E-state index contributed by atoms with van der Waals surface area (Å²) < 4.78 is 0. The van der Waals surface area contributed by atoms with Crippen molar-refractivity contribution in [3.05, 3.63) is 48.0 Å². The molecule has 2 atom stereocenters. The molecule has 3 nitrogen and oxygen atoms in total. The molecule has 0 bridgehead atoms. The van der Waals surface area contributed by atoms with Crippen molar-refractivity contribution in [3.63, 3.8) is 0 Å². The molecule has 0 aliphatic heterocycles. The predicted octanol–water partition coefficient (Wildman–Crippen LogP) is 3.42. The molecule has 0 fully saturated rings. The second-order valence-electron chi connectivity index (χ2n) is 5.87. The molecule has 3 heteroatoms. The molecule has 2 N–H and O–H groups in total. The predicted molar refractivity (Wildman–Crippen MR) is 86.0 cm³/mol. The lowest BCUT2D eigenvalue weighted by Gasteiger charge is -2.19. The van der Waals surface area contributed by atoms with Gasteiger partial charge in [-0.15, -0.1) is 0 Å². The molecule has 112 valence electrons. The summed E-state index contributed by atoms with van der Waals surface area (Å²) in [5, 5.41) is 15.1. The van der Waals surface area contributed by atoms with Gasteiger partial charge in [0.2, 0.25) is 5.91 Å². The molecule has 2 rings (SSSR count). The number of fused-ring (bicyclic) bond motifs is 1. The van der Waals surface area contributed by atoms with Crippen LogP contribution in [0.3, 0.4) is 0 Å². The van der Waals surface area contributed by atoms with Gasteiger partial charge < -0.3 is 10.4 Å². The van der Waals surface area contributed by atoms with Crippen molar-refractivity contribution in [2.75, 3.05) is 0 Å². The zero-order valence-corrected chi connectivity index (χ0v) is 12.8. The summed E-state index contributed by atoms with van der Waals surface area (Å²) in [5.41, 5.74) is 1.10. The number of aliphatic hydroxyl groups is 1. The van der Waals surface area contributed by atoms with Gasteiger partial charge >= 0.3 is 0 Å². The second kappa shape index (κ2) is 6.72. The molecule has 0 aromatic heterocycles. The standard InChI is InChI=1S/C18H23NO2/c1-12(2)17(20)11-18(21)19-13(3)15-10-6-8-14-7-4-5-9-16(14)15/h4-10,12-13,17,20H,11H2,1-3H3,(H,19,21). The number of carbonyl (C=O) groups is 1. The largest absolute Gasteiger partial charge is 0.392 e. The van der Waals surface area contributed by atoms with Crippen LogP contribution in [0.4, 0.5) is 0 Å². The van der Waals surface area contributed by atoms with E-state index in [2.05, 4.69) is 23.5 Å². The van der Waals surface area contributed by atoms with Gasteiger partial charge in [0.25, 0.3) is 0 Å². The number of hydrogen-bond donors (Lipinski definition) is 2. The summed E-state index contributed by atoms with van der Waals surface area (Å²) in [5.74, 6) is -0.0276. The number of amides is 1. The molecule has 2 aromatic carbocycles. The van der Waals surface area contributed by atoms with E-state index in [1.54, 1.807) is 0 Å². The van der Waals surface area contributed by atoms with Crippen molar-refractivity contribution < 1.29 is 9.90 Å². The van der Waals surface area contributed by atoms with Gasteiger partial charge in [0.15, 0.2) is 0 Å². The summed E-state index contributed by atoms with van der Waals surface area (Å²) >= 11 is 0. The number of aliphatic hydroxyl groups excluding tert-OH is 1. The van der Waals surface area contributed by atoms with Gasteiger partial charge in [0, 0.05) is 0 Å². The maximum absolute atomic E-state index is 12.0. The first kappa shape index (κ1) is 15.5. The summed E-state index contributed by atoms with van der Waals surface area (Å²) in [6, 6.07) is 14.2. The highest BCUT2D eigenvalue weighted by atomic mass is 16.3. The zero-order valence-electron chi connectivity index (χ0n) is 12.8. The van der Waals surface area contributed by atoms with Gasteiger partial charge in [-0.2, -0.15) is 0 Å². The third-order valence-electron chi connectivity index (χ3n) is 3.83. The van der Waals surface area contributed by atoms with Gasteiger partial charge in [0.05, 0.1) is 18.6 Å². The molecule has 21 heavy (non-hydrogen) atoms. The minimum absolute atomic E-state index is 0.0806. The Hall–Kier alpha value is -1.87. The number of carbonyl (C=O) groups excluding carboxylic acids is 1. The van der Waals surface area contributed by atoms with E-state index in [0.717, 1.165) is 10.9 Å². The highest BCUT2D eigenvalue weighted by Crippen LogP contribution is 2.24. The van der Waals surface area contributed by atoms with Crippen molar-refractivity contribution in [1.82, 2.24) is 5.32 Å². The summed E-state index contributed by atoms with van der Waals surface area (Å²) in [7, 11) is 0. The Morgan fingerprint density at radius 1 is 1.10 bits per heavy atom. The Labute approximate surface area is 126 Å². The van der Waals surface area contributed by atoms with E-state index >= 15 is 0 Å². The lowest BCUT2D eigenvalue weighted by molar-refractivity contribution is -0.124. The van der Waals surface area contributed by atoms with Gasteiger partial charge in [0.1, 0.15) is 0 Å². The Morgan fingerprint density at radius 3 is 2.48 bits per heavy atom. The van der Waals surface area contributed by atoms with Gasteiger partial charge in [-0.3, -0.25) is 4.79 Å². The van der Waals surface area contributed by atoms with Gasteiger partial charge in [-0.25, -0.2) is 0 Å². The van der Waals surface area contributed by atoms with E-state index in [1.165, 1.54) is 5.39 Å². The van der Waals surface area contributed by atoms with Crippen LogP contribution in [0.1, 0.15) is 38.8 Å². The van der Waals surface area contributed by atoms with Crippen LogP contribution < -0.4 is 5.32 Å². The van der Waals surface area contributed by atoms with Crippen LogP contribution in [0.25, 0.3) is 10.8 Å². The molecule has 2 aromatic rings. The van der Waals surface area contributed by atoms with E-state index in [4.69, 9.17) is 0 Å². The second-order valence-corrected chi connectivity index (χ2v) is 5.87. The fourth-order valence-corrected chi connectivity index (χ4v) is 2.43. The molecular formula is C18H23NO2. The first-order valence-corrected chi connectivity index (χ1v) is 7.44. The van der Waals surface area contributed by atoms with Crippen LogP contribution in [0.15, 0.2) is 42.5 Å². The maximum Gasteiger partial charge on any atom is 0.223 e. The van der Waals surface area contributed by atoms with Crippen LogP contribution in [0.5, 0.6) is 0 Å². The minimum atomic E-state index is -0.593. The minimum Gasteiger partial charge on any atom is -0.392 e. The van der Waals surface area contributed by atoms with E-state index in [0.29, 0.717) is 0 Å². The van der Waals surface area contributed by atoms with Crippen molar-refractivity contribution in [2.45, 2.75) is 39.3 Å². The molecule has 0 heterocycles. The topological polar surface area (TPSA) is 49.3 Å². The Kier molecular flexibility index (Phi) is 4.97. The van der Waals surface area contributed by atoms with Crippen LogP contribution in [0.2, 0.25) is 0 Å². The van der Waals surface area contributed by atoms with Crippen LogP contribution in [-0.2, 0) is 4.79 Å². The Morgan fingerprint density at radius 2 is 1.76 bits per heavy atom. The molecule has 0 saturated heterocycles. The quantitative estimate of drug-likeness (QED) is 0.884. The molecule has 0 aliphatic rings. The van der Waals surface area contributed by atoms with Crippen LogP contribution >= 0.6 is 0 Å². The third-order valence-corrected chi connectivity index (χ3v) is 3.83. The average molecular weight is 285 g/mol. The molecule has 0 aliphatic carbocycles. The smallest absolute Gasteiger partial charge is 0.223 e. The van der Waals surface area contributed by atoms with Crippen molar-refractivity contribution in [2.24, 2.45) is 5.92 Å². The summed E-state index contributed by atoms with van der Waals surface area (Å²) in [6.07, 6.45) is -0.447. The molecule has 2 unspecified atom stereocenters. The lowest BCUT2D eigenvalue weighted by Crippen LogP contribution is -2.31. The van der Waals surface area contributed by atoms with E-state index in [9.17, 15) is 9.90 Å². The molecular weight excluding hydrogens is 262 g/mol. The van der Waals surface area contributed by atoms with Crippen LogP contribution in [0, 0.1) is 5.92 Å². The third kappa shape index (κ3) is 3.82. The summed E-state index contributed by atoms with van der Waals surface area (Å²) in [4.78, 5) is 12.0. The molecule has 1 amide bonds. The highest BCUT2D eigenvalue weighted by Gasteiger charge is 2.17. The van der Waals surface area contributed by atoms with E-state index < -0.39 is 6.10 Å². The van der Waals surface area contributed by atoms with Gasteiger partial charge in [-0.05, 0) is 29.2 Å². The number of nitrogens with one attached hydrogen (secondary N) is 1. The SMILES string of the molecule is CC(NC(=O)CC(O)C(C)C)c1cccc2ccccc12. The Bertz CT molecular complexity index is 616. The normalized spacial score (nSPS) is 14.1. The van der Waals surface area contributed by atoms with E-state index in [1.807, 2.05) is 45.0 Å². The Balaban J connectivity index is 2.12. The highest BCUT2D eigenvalue weighted by molar-refractivity contribution is 5.86. The monoisotopic (exact) mass is 285 g/mol. The number of benzene rings is 2. The average Bonchev–Trinajstić information content (AvgIpc) is 2.46. The fraction of sp³-hybridized carbons (Fsp3) is 0.389. The first-order chi connectivity index (χ1) is 9.99. The van der Waals surface area contributed by atoms with Gasteiger partial charge in [-0.1, -0.05) is 56.3 Å². The zero-order chi connectivity index (χ0) is 15.4. The lowest BCUT2D eigenvalue weighted by atomic mass is 9.99. The van der Waals surface area contributed by atoms with Crippen molar-refractivity contribution in [1.29, 1.82) is 0 Å². The number of rotatable bonds is 5. The molecule has 0 saturated carbocycles. The van der Waals surface area contributed by atoms with E-state index in [-0.39, 0.29) is 24.3 Å². The first-order valence-electron chi connectivity index (χ1n) is 7.44. The molecule has 0 radical (unpaired) electrons. The summed E-state index contributed by atoms with van der Waals surface area (Å²) in [6.45, 7) is 5.79. The fourth-order valence-electron chi connectivity index (χ4n) is 2.43. The molecule has 0 spiro atoms. The van der Waals surface area contributed by atoms with Crippen molar-refractivity contribution in [3.8, 4) is 0 Å². The number of hydrogen-bond acceptors (Lipinski definition) is 2. The van der Waals surface area contributed by atoms with Crippen molar-refractivity contribution >= 4 is 16.7 Å². The maximum atomic E-state index is 12.0. The van der Waals surface area contributed by atoms with Crippen LogP contribution in [-0.4, -0.2) is 17.1 Å².